The molecule has 1 amide bonds. The van der Waals surface area contributed by atoms with Crippen LogP contribution in [0.3, 0.4) is 0 Å². The lowest BCUT2D eigenvalue weighted by Crippen LogP contribution is -2.39. The highest BCUT2D eigenvalue weighted by atomic mass is 16.5. The molecule has 1 saturated heterocycles. The number of carbonyl (C=O) groups is 2. The quantitative estimate of drug-likeness (QED) is 0.688. The first-order valence-corrected chi connectivity index (χ1v) is 8.57. The molecule has 0 aliphatic carbocycles. The van der Waals surface area contributed by atoms with Gasteiger partial charge in [0.15, 0.2) is 0 Å². The lowest BCUT2D eigenvalue weighted by molar-refractivity contribution is -0.141. The minimum atomic E-state index is -0.571. The van der Waals surface area contributed by atoms with Gasteiger partial charge in [-0.2, -0.15) is 0 Å². The minimum Gasteiger partial charge on any atom is -0.497 e. The molecule has 8 heteroatoms. The normalized spacial score (nSPS) is 16.3. The summed E-state index contributed by atoms with van der Waals surface area (Å²) in [5, 5.41) is 12.9. The van der Waals surface area contributed by atoms with Crippen LogP contribution in [0.2, 0.25) is 0 Å². The van der Waals surface area contributed by atoms with Crippen LogP contribution >= 0.6 is 0 Å². The summed E-state index contributed by atoms with van der Waals surface area (Å²) in [7, 11) is 1.64. The Bertz CT molecular complexity index is 1010. The molecule has 138 valence electrons. The third kappa shape index (κ3) is 3.59. The van der Waals surface area contributed by atoms with Crippen molar-refractivity contribution in [3.63, 3.8) is 0 Å². The van der Waals surface area contributed by atoms with Gasteiger partial charge in [-0.05, 0) is 29.0 Å². The van der Waals surface area contributed by atoms with Crippen molar-refractivity contribution < 1.29 is 19.1 Å². The first kappa shape index (κ1) is 17.0. The number of carbonyl (C=O) groups excluding carboxylic acids is 2. The van der Waals surface area contributed by atoms with Crippen LogP contribution in [0, 0.1) is 0 Å². The predicted octanol–water partition coefficient (Wildman–Crippen LogP) is 1.54. The topological polar surface area (TPSA) is 95.3 Å². The number of nitrogens with zero attached hydrogens (tertiary/aromatic N) is 3. The number of esters is 1. The van der Waals surface area contributed by atoms with Crippen molar-refractivity contribution in [2.24, 2.45) is 0 Å². The monoisotopic (exact) mass is 366 g/mol. The maximum absolute atomic E-state index is 12.1. The Morgan fingerprint density at radius 2 is 2.11 bits per heavy atom. The van der Waals surface area contributed by atoms with Gasteiger partial charge in [-0.15, -0.1) is 5.10 Å². The van der Waals surface area contributed by atoms with E-state index in [2.05, 4.69) is 15.6 Å². The fraction of sp³-hybridized carbons (Fsp3) is 0.263. The number of hydrogen-bond donors (Lipinski definition) is 1. The van der Waals surface area contributed by atoms with E-state index in [-0.39, 0.29) is 12.5 Å². The maximum Gasteiger partial charge on any atom is 0.328 e. The minimum absolute atomic E-state index is 0.0123. The first-order chi connectivity index (χ1) is 13.1. The average Bonchev–Trinajstić information content (AvgIpc) is 3.30. The standard InChI is InChI=1S/C19H18N4O4/c1-26-15-5-4-12-8-14(3-2-13(12)9-15)17-10-23(22-21-17)11-18(24)20-16-6-7-27-19(16)25/h2-5,8-10,16H,6-7,11H2,1H3,(H,20,24)/t16-/m0/s1. The molecular weight excluding hydrogens is 348 g/mol. The summed E-state index contributed by atoms with van der Waals surface area (Å²) in [6.45, 7) is 0.326. The summed E-state index contributed by atoms with van der Waals surface area (Å²) in [4.78, 5) is 23.5. The summed E-state index contributed by atoms with van der Waals surface area (Å²) in [6, 6.07) is 11.2. The molecule has 0 bridgehead atoms. The predicted molar refractivity (Wildman–Crippen MR) is 97.0 cm³/mol. The third-order valence-electron chi connectivity index (χ3n) is 4.46. The molecule has 1 N–H and O–H groups in total. The number of rotatable bonds is 5. The Balaban J connectivity index is 1.47. The number of fused-ring (bicyclic) bond motifs is 1. The zero-order valence-electron chi connectivity index (χ0n) is 14.7. The number of cyclic esters (lactones) is 1. The molecule has 0 radical (unpaired) electrons. The molecule has 27 heavy (non-hydrogen) atoms. The van der Waals surface area contributed by atoms with E-state index in [4.69, 9.17) is 9.47 Å². The number of ether oxygens (including phenoxy) is 2. The van der Waals surface area contributed by atoms with E-state index in [0.29, 0.717) is 18.7 Å². The van der Waals surface area contributed by atoms with Gasteiger partial charge in [0.2, 0.25) is 5.91 Å². The van der Waals surface area contributed by atoms with Crippen molar-refractivity contribution >= 4 is 22.6 Å². The molecule has 0 spiro atoms. The van der Waals surface area contributed by atoms with Crippen LogP contribution in [0.1, 0.15) is 6.42 Å². The van der Waals surface area contributed by atoms with Crippen LogP contribution in [0.5, 0.6) is 5.75 Å². The number of nitrogens with one attached hydrogen (secondary N) is 1. The Morgan fingerprint density at radius 1 is 1.30 bits per heavy atom. The van der Waals surface area contributed by atoms with Gasteiger partial charge >= 0.3 is 5.97 Å². The summed E-state index contributed by atoms with van der Waals surface area (Å²) < 4.78 is 11.5. The molecule has 1 fully saturated rings. The molecule has 1 aliphatic rings. The van der Waals surface area contributed by atoms with Crippen LogP contribution in [-0.2, 0) is 20.9 Å². The number of amides is 1. The van der Waals surface area contributed by atoms with E-state index >= 15 is 0 Å². The van der Waals surface area contributed by atoms with Crippen LogP contribution in [0.25, 0.3) is 22.0 Å². The van der Waals surface area contributed by atoms with Gasteiger partial charge in [-0.3, -0.25) is 4.79 Å². The Kier molecular flexibility index (Phi) is 4.45. The van der Waals surface area contributed by atoms with Gasteiger partial charge < -0.3 is 14.8 Å². The molecule has 0 saturated carbocycles. The van der Waals surface area contributed by atoms with Gasteiger partial charge in [-0.1, -0.05) is 23.4 Å². The van der Waals surface area contributed by atoms with Crippen LogP contribution in [-0.4, -0.2) is 46.6 Å². The number of aromatic nitrogens is 3. The van der Waals surface area contributed by atoms with Crippen molar-refractivity contribution in [2.75, 3.05) is 13.7 Å². The largest absolute Gasteiger partial charge is 0.497 e. The zero-order valence-corrected chi connectivity index (χ0v) is 14.7. The van der Waals surface area contributed by atoms with Crippen LogP contribution in [0.15, 0.2) is 42.6 Å². The van der Waals surface area contributed by atoms with Crippen molar-refractivity contribution in [1.29, 1.82) is 0 Å². The Morgan fingerprint density at radius 3 is 2.89 bits per heavy atom. The smallest absolute Gasteiger partial charge is 0.328 e. The lowest BCUT2D eigenvalue weighted by Gasteiger charge is -2.08. The van der Waals surface area contributed by atoms with Crippen molar-refractivity contribution in [3.05, 3.63) is 42.6 Å². The van der Waals surface area contributed by atoms with Gasteiger partial charge in [0.1, 0.15) is 24.0 Å². The van der Waals surface area contributed by atoms with E-state index in [0.717, 1.165) is 22.1 Å². The second kappa shape index (κ2) is 7.06. The highest BCUT2D eigenvalue weighted by molar-refractivity contribution is 5.88. The SMILES string of the molecule is COc1ccc2cc(-c3cn(CC(=O)N[C@H]4CCOC4=O)nn3)ccc2c1. The zero-order chi connectivity index (χ0) is 18.8. The highest BCUT2D eigenvalue weighted by Crippen LogP contribution is 2.25. The Labute approximate surface area is 155 Å². The second-order valence-electron chi connectivity index (χ2n) is 6.31. The molecule has 2 aromatic carbocycles. The fourth-order valence-electron chi connectivity index (χ4n) is 3.03. The lowest BCUT2D eigenvalue weighted by atomic mass is 10.1. The summed E-state index contributed by atoms with van der Waals surface area (Å²) in [6.07, 6.45) is 2.20. The first-order valence-electron chi connectivity index (χ1n) is 8.57. The molecule has 8 nitrogen and oxygen atoms in total. The van der Waals surface area contributed by atoms with Crippen molar-refractivity contribution in [2.45, 2.75) is 19.0 Å². The molecule has 1 aliphatic heterocycles. The van der Waals surface area contributed by atoms with Gasteiger partial charge in [-0.25, -0.2) is 9.48 Å². The summed E-state index contributed by atoms with van der Waals surface area (Å²) >= 11 is 0. The molecule has 2 heterocycles. The molecule has 4 rings (SSSR count). The van der Waals surface area contributed by atoms with Gasteiger partial charge in [0.25, 0.3) is 0 Å². The fourth-order valence-corrected chi connectivity index (χ4v) is 3.03. The van der Waals surface area contributed by atoms with Crippen LogP contribution in [0.4, 0.5) is 0 Å². The van der Waals surface area contributed by atoms with E-state index in [1.165, 1.54) is 4.68 Å². The number of hydrogen-bond acceptors (Lipinski definition) is 6. The van der Waals surface area contributed by atoms with Gasteiger partial charge in [0, 0.05) is 12.0 Å². The third-order valence-corrected chi connectivity index (χ3v) is 4.46. The van der Waals surface area contributed by atoms with Crippen molar-refractivity contribution in [3.8, 4) is 17.0 Å². The van der Waals surface area contributed by atoms with Crippen molar-refractivity contribution in [1.82, 2.24) is 20.3 Å². The molecule has 0 unspecified atom stereocenters. The van der Waals surface area contributed by atoms with E-state index in [1.54, 1.807) is 13.3 Å². The summed E-state index contributed by atoms with van der Waals surface area (Å²) in [5.41, 5.74) is 1.57. The second-order valence-corrected chi connectivity index (χ2v) is 6.31. The van der Waals surface area contributed by atoms with Gasteiger partial charge in [0.05, 0.1) is 19.9 Å². The number of methoxy groups -OCH3 is 1. The molecule has 1 aromatic heterocycles. The van der Waals surface area contributed by atoms with E-state index in [1.807, 2.05) is 36.4 Å². The molecule has 3 aromatic rings. The highest BCUT2D eigenvalue weighted by Gasteiger charge is 2.27. The van der Waals surface area contributed by atoms with E-state index < -0.39 is 12.0 Å². The Hall–Kier alpha value is -3.42. The average molecular weight is 366 g/mol. The van der Waals surface area contributed by atoms with E-state index in [9.17, 15) is 9.59 Å². The number of benzene rings is 2. The maximum atomic E-state index is 12.1. The molecule has 1 atom stereocenters. The summed E-state index contributed by atoms with van der Waals surface area (Å²) in [5.74, 6) is 0.106. The van der Waals surface area contributed by atoms with Crippen LogP contribution < -0.4 is 10.1 Å². The molecular formula is C19H18N4O4.